The van der Waals surface area contributed by atoms with E-state index in [0.717, 1.165) is 18.7 Å². The molecule has 4 nitrogen and oxygen atoms in total. The number of aromatic nitrogens is 2. The van der Waals surface area contributed by atoms with Crippen LogP contribution >= 0.6 is 0 Å². The molecule has 0 aliphatic carbocycles. The van der Waals surface area contributed by atoms with Crippen LogP contribution in [0, 0.1) is 0 Å². The van der Waals surface area contributed by atoms with Crippen molar-refractivity contribution in [2.45, 2.75) is 38.3 Å². The van der Waals surface area contributed by atoms with Crippen LogP contribution in [0.1, 0.15) is 37.9 Å². The van der Waals surface area contributed by atoms with Gasteiger partial charge in [0.25, 0.3) is 0 Å². The molecule has 1 aliphatic heterocycles. The maximum Gasteiger partial charge on any atom is 0.0755 e. The van der Waals surface area contributed by atoms with Crippen molar-refractivity contribution in [1.82, 2.24) is 14.9 Å². The largest absolute Gasteiger partial charge is 0.395 e. The molecule has 0 radical (unpaired) electrons. The van der Waals surface area contributed by atoms with E-state index in [1.165, 1.54) is 12.8 Å². The number of piperidine rings is 1. The molecule has 1 fully saturated rings. The Morgan fingerprint density at radius 2 is 2.38 bits per heavy atom. The third-order valence-corrected chi connectivity index (χ3v) is 3.39. The van der Waals surface area contributed by atoms with Crippen LogP contribution < -0.4 is 0 Å². The van der Waals surface area contributed by atoms with Gasteiger partial charge in [-0.3, -0.25) is 14.9 Å². The lowest BCUT2D eigenvalue weighted by Gasteiger charge is -2.38. The van der Waals surface area contributed by atoms with Crippen molar-refractivity contribution in [1.29, 1.82) is 0 Å². The average Bonchev–Trinajstić information content (AvgIpc) is 2.39. The zero-order chi connectivity index (χ0) is 11.4. The third-order valence-electron chi connectivity index (χ3n) is 3.39. The third kappa shape index (κ3) is 2.39. The number of hydrogen-bond acceptors (Lipinski definition) is 4. The first kappa shape index (κ1) is 11.5. The second-order valence-corrected chi connectivity index (χ2v) is 4.38. The van der Waals surface area contributed by atoms with Gasteiger partial charge >= 0.3 is 0 Å². The van der Waals surface area contributed by atoms with Gasteiger partial charge in [-0.25, -0.2) is 0 Å². The molecule has 0 bridgehead atoms. The Balaban J connectivity index is 2.10. The normalized spacial score (nSPS) is 24.2. The number of likely N-dealkylation sites (tertiary alicyclic amines) is 1. The number of aliphatic hydroxyl groups excluding tert-OH is 1. The van der Waals surface area contributed by atoms with E-state index in [4.69, 9.17) is 0 Å². The van der Waals surface area contributed by atoms with Crippen LogP contribution in [0.3, 0.4) is 0 Å². The summed E-state index contributed by atoms with van der Waals surface area (Å²) >= 11 is 0. The Labute approximate surface area is 96.3 Å². The first-order valence-electron chi connectivity index (χ1n) is 5.95. The fourth-order valence-electron chi connectivity index (χ4n) is 2.43. The van der Waals surface area contributed by atoms with E-state index in [-0.39, 0.29) is 18.7 Å². The molecule has 2 atom stereocenters. The summed E-state index contributed by atoms with van der Waals surface area (Å²) in [6.45, 7) is 3.42. The summed E-state index contributed by atoms with van der Waals surface area (Å²) in [5.41, 5.74) is 0.989. The molecule has 4 heteroatoms. The van der Waals surface area contributed by atoms with Gasteiger partial charge in [0.05, 0.1) is 18.3 Å². The quantitative estimate of drug-likeness (QED) is 0.838. The summed E-state index contributed by atoms with van der Waals surface area (Å²) in [5.74, 6) is 0. The predicted octanol–water partition coefficient (Wildman–Crippen LogP) is 1.38. The van der Waals surface area contributed by atoms with Gasteiger partial charge in [0.2, 0.25) is 0 Å². The topological polar surface area (TPSA) is 49.2 Å². The summed E-state index contributed by atoms with van der Waals surface area (Å²) < 4.78 is 0. The Bertz CT molecular complexity index is 317. The first-order valence-corrected chi connectivity index (χ1v) is 5.95. The summed E-state index contributed by atoms with van der Waals surface area (Å²) in [7, 11) is 0. The minimum Gasteiger partial charge on any atom is -0.395 e. The van der Waals surface area contributed by atoms with E-state index in [9.17, 15) is 5.11 Å². The molecule has 88 valence electrons. The molecular weight excluding hydrogens is 202 g/mol. The molecule has 2 rings (SSSR count). The van der Waals surface area contributed by atoms with Crippen LogP contribution in [0.2, 0.25) is 0 Å². The Hall–Kier alpha value is -1.00. The van der Waals surface area contributed by atoms with Crippen LogP contribution in [0.25, 0.3) is 0 Å². The van der Waals surface area contributed by atoms with Crippen LogP contribution in [0.15, 0.2) is 18.6 Å². The molecule has 1 aromatic heterocycles. The summed E-state index contributed by atoms with van der Waals surface area (Å²) in [6.07, 6.45) is 8.74. The Kier molecular flexibility index (Phi) is 3.85. The van der Waals surface area contributed by atoms with Crippen molar-refractivity contribution < 1.29 is 5.11 Å². The maximum atomic E-state index is 9.38. The standard InChI is InChI=1S/C12H19N3O/c1-10(12-8-13-5-6-14-12)15-7-3-2-4-11(15)9-16/h5-6,8,10-11,16H,2-4,7,9H2,1H3. The summed E-state index contributed by atoms with van der Waals surface area (Å²) in [6, 6.07) is 0.525. The second-order valence-electron chi connectivity index (χ2n) is 4.38. The highest BCUT2D eigenvalue weighted by Gasteiger charge is 2.27. The summed E-state index contributed by atoms with van der Waals surface area (Å²) in [4.78, 5) is 10.8. The number of hydrogen-bond donors (Lipinski definition) is 1. The molecule has 0 aromatic carbocycles. The number of nitrogens with zero attached hydrogens (tertiary/aromatic N) is 3. The SMILES string of the molecule is CC(c1cnccn1)N1CCCCC1CO. The van der Waals surface area contributed by atoms with E-state index in [1.807, 2.05) is 6.20 Å². The zero-order valence-corrected chi connectivity index (χ0v) is 9.71. The highest BCUT2D eigenvalue weighted by Crippen LogP contribution is 2.26. The maximum absolute atomic E-state index is 9.38. The highest BCUT2D eigenvalue weighted by molar-refractivity contribution is 5.02. The van der Waals surface area contributed by atoms with E-state index < -0.39 is 0 Å². The Morgan fingerprint density at radius 1 is 1.50 bits per heavy atom. The molecular formula is C12H19N3O. The van der Waals surface area contributed by atoms with Crippen molar-refractivity contribution in [2.24, 2.45) is 0 Å². The monoisotopic (exact) mass is 221 g/mol. The van der Waals surface area contributed by atoms with Crippen LogP contribution in [-0.4, -0.2) is 39.2 Å². The molecule has 1 aromatic rings. The van der Waals surface area contributed by atoms with Gasteiger partial charge in [0.1, 0.15) is 0 Å². The lowest BCUT2D eigenvalue weighted by atomic mass is 10.00. The second kappa shape index (κ2) is 5.37. The van der Waals surface area contributed by atoms with Crippen molar-refractivity contribution in [3.63, 3.8) is 0 Å². The Morgan fingerprint density at radius 3 is 3.06 bits per heavy atom. The van der Waals surface area contributed by atoms with E-state index >= 15 is 0 Å². The smallest absolute Gasteiger partial charge is 0.0755 e. The fourth-order valence-corrected chi connectivity index (χ4v) is 2.43. The van der Waals surface area contributed by atoms with Gasteiger partial charge in [-0.15, -0.1) is 0 Å². The van der Waals surface area contributed by atoms with Gasteiger partial charge in [-0.2, -0.15) is 0 Å². The van der Waals surface area contributed by atoms with E-state index in [2.05, 4.69) is 21.8 Å². The van der Waals surface area contributed by atoms with E-state index in [0.29, 0.717) is 0 Å². The molecule has 2 heterocycles. The predicted molar refractivity (Wildman–Crippen MR) is 61.9 cm³/mol. The van der Waals surface area contributed by atoms with Crippen LogP contribution in [-0.2, 0) is 0 Å². The molecule has 1 N–H and O–H groups in total. The van der Waals surface area contributed by atoms with Crippen molar-refractivity contribution in [3.05, 3.63) is 24.3 Å². The molecule has 2 unspecified atom stereocenters. The lowest BCUT2D eigenvalue weighted by Crippen LogP contribution is -2.43. The molecule has 0 saturated carbocycles. The summed E-state index contributed by atoms with van der Waals surface area (Å²) in [5, 5.41) is 9.38. The van der Waals surface area contributed by atoms with E-state index in [1.54, 1.807) is 12.4 Å². The lowest BCUT2D eigenvalue weighted by molar-refractivity contribution is 0.0572. The number of aliphatic hydroxyl groups is 1. The van der Waals surface area contributed by atoms with Gasteiger partial charge in [-0.05, 0) is 26.3 Å². The van der Waals surface area contributed by atoms with Crippen LogP contribution in [0.5, 0.6) is 0 Å². The fraction of sp³-hybridized carbons (Fsp3) is 0.667. The molecule has 0 amide bonds. The average molecular weight is 221 g/mol. The van der Waals surface area contributed by atoms with Gasteiger partial charge in [0.15, 0.2) is 0 Å². The zero-order valence-electron chi connectivity index (χ0n) is 9.71. The van der Waals surface area contributed by atoms with Crippen molar-refractivity contribution in [3.8, 4) is 0 Å². The first-order chi connectivity index (χ1) is 7.83. The molecule has 16 heavy (non-hydrogen) atoms. The molecule has 1 aliphatic rings. The van der Waals surface area contributed by atoms with Crippen LogP contribution in [0.4, 0.5) is 0 Å². The van der Waals surface area contributed by atoms with Gasteiger partial charge in [0, 0.05) is 24.6 Å². The van der Waals surface area contributed by atoms with Gasteiger partial charge < -0.3 is 5.11 Å². The minimum atomic E-state index is 0.241. The minimum absolute atomic E-state index is 0.241. The highest BCUT2D eigenvalue weighted by atomic mass is 16.3. The van der Waals surface area contributed by atoms with Gasteiger partial charge in [-0.1, -0.05) is 6.42 Å². The molecule has 0 spiro atoms. The van der Waals surface area contributed by atoms with Crippen molar-refractivity contribution in [2.75, 3.05) is 13.2 Å². The number of rotatable bonds is 3. The van der Waals surface area contributed by atoms with Crippen molar-refractivity contribution >= 4 is 0 Å². The molecule has 1 saturated heterocycles.